The van der Waals surface area contributed by atoms with E-state index in [0.29, 0.717) is 37.2 Å². The highest BCUT2D eigenvalue weighted by molar-refractivity contribution is 6.03. The van der Waals surface area contributed by atoms with Gasteiger partial charge in [-0.2, -0.15) is 13.2 Å². The van der Waals surface area contributed by atoms with Gasteiger partial charge in [-0.25, -0.2) is 19.2 Å². The molecule has 0 aliphatic carbocycles. The Morgan fingerprint density at radius 2 is 1.71 bits per heavy atom. The quantitative estimate of drug-likeness (QED) is 0.315. The third kappa shape index (κ3) is 7.49. The normalized spacial score (nSPS) is 15.4. The number of hydrogen-bond donors (Lipinski definition) is 3. The average Bonchev–Trinajstić information content (AvgIpc) is 3.33. The van der Waals surface area contributed by atoms with Gasteiger partial charge in [0.05, 0.1) is 29.8 Å². The summed E-state index contributed by atoms with van der Waals surface area (Å²) in [6.07, 6.45) is -3.94. The number of carbonyl (C=O) groups is 3. The fourth-order valence-electron chi connectivity index (χ4n) is 5.16. The minimum Gasteiger partial charge on any atom is -0.444 e. The maximum atomic E-state index is 14.7. The molecule has 238 valence electrons. The fourth-order valence-corrected chi connectivity index (χ4v) is 5.16. The SMILES string of the molecule is CC(C)(C)OC(=O)N1CCC(NC(=O)Cc2ccc(Nc3nc(-c4c(F)cccc4C(F)(F)F)nc4c3C(=O)NC4)cc2)CC1. The zero-order valence-electron chi connectivity index (χ0n) is 24.8. The predicted octanol–water partition coefficient (Wildman–Crippen LogP) is 5.35. The number of rotatable bonds is 6. The average molecular weight is 629 g/mol. The molecule has 5 rings (SSSR count). The number of halogens is 4. The van der Waals surface area contributed by atoms with Crippen LogP contribution in [0.1, 0.15) is 60.8 Å². The van der Waals surface area contributed by atoms with E-state index in [4.69, 9.17) is 4.74 Å². The van der Waals surface area contributed by atoms with E-state index in [1.54, 1.807) is 49.9 Å². The molecule has 45 heavy (non-hydrogen) atoms. The molecule has 0 bridgehead atoms. The number of aromatic nitrogens is 2. The van der Waals surface area contributed by atoms with E-state index < -0.39 is 40.5 Å². The molecular formula is C31H32F4N6O4. The van der Waals surface area contributed by atoms with Gasteiger partial charge in [0.2, 0.25) is 5.91 Å². The lowest BCUT2D eigenvalue weighted by Gasteiger charge is -2.33. The Morgan fingerprint density at radius 3 is 2.36 bits per heavy atom. The number of alkyl halides is 3. The first-order valence-electron chi connectivity index (χ1n) is 14.4. The summed E-state index contributed by atoms with van der Waals surface area (Å²) in [5.74, 6) is -2.45. The van der Waals surface area contributed by atoms with E-state index >= 15 is 0 Å². The van der Waals surface area contributed by atoms with Crippen LogP contribution in [-0.2, 0) is 28.7 Å². The number of amides is 3. The molecule has 3 heterocycles. The van der Waals surface area contributed by atoms with Crippen molar-refractivity contribution in [2.75, 3.05) is 18.4 Å². The highest BCUT2D eigenvalue weighted by Crippen LogP contribution is 2.38. The van der Waals surface area contributed by atoms with Crippen molar-refractivity contribution in [1.82, 2.24) is 25.5 Å². The first-order chi connectivity index (χ1) is 21.2. The molecule has 0 saturated carbocycles. The standard InChI is InChI=1S/C31H32F4N6O4/c1-30(2,3)45-29(44)41-13-11-19(12-14-41)37-23(42)15-17-7-9-18(10-8-17)38-27-25-22(16-36-28(25)43)39-26(40-27)24-20(31(33,34)35)5-4-6-21(24)32/h4-10,19H,11-16H2,1-3H3,(H,36,43)(H,37,42)(H,38,39,40). The molecule has 14 heteroatoms. The molecular weight excluding hydrogens is 596 g/mol. The maximum Gasteiger partial charge on any atom is 0.417 e. The number of fused-ring (bicyclic) bond motifs is 1. The largest absolute Gasteiger partial charge is 0.444 e. The summed E-state index contributed by atoms with van der Waals surface area (Å²) in [5, 5.41) is 8.50. The second-order valence-electron chi connectivity index (χ2n) is 11.9. The molecule has 2 aromatic carbocycles. The number of carbonyl (C=O) groups excluding carboxylic acids is 3. The molecule has 2 aliphatic heterocycles. The first-order valence-corrected chi connectivity index (χ1v) is 14.4. The summed E-state index contributed by atoms with van der Waals surface area (Å²) in [4.78, 5) is 47.4. The van der Waals surface area contributed by atoms with Crippen LogP contribution in [0, 0.1) is 5.82 Å². The van der Waals surface area contributed by atoms with E-state index in [2.05, 4.69) is 25.9 Å². The third-order valence-corrected chi connectivity index (χ3v) is 7.26. The van der Waals surface area contributed by atoms with Crippen LogP contribution in [0.3, 0.4) is 0 Å². The number of hydrogen-bond acceptors (Lipinski definition) is 7. The van der Waals surface area contributed by atoms with Crippen LogP contribution in [0.5, 0.6) is 0 Å². The van der Waals surface area contributed by atoms with E-state index in [1.807, 2.05) is 0 Å². The van der Waals surface area contributed by atoms with Crippen LogP contribution >= 0.6 is 0 Å². The maximum absolute atomic E-state index is 14.7. The smallest absolute Gasteiger partial charge is 0.417 e. The minimum atomic E-state index is -4.86. The molecule has 3 aromatic rings. The number of ether oxygens (including phenoxy) is 1. The number of piperidine rings is 1. The van der Waals surface area contributed by atoms with Crippen LogP contribution in [0.25, 0.3) is 11.4 Å². The third-order valence-electron chi connectivity index (χ3n) is 7.26. The lowest BCUT2D eigenvalue weighted by Crippen LogP contribution is -2.48. The molecule has 1 aromatic heterocycles. The molecule has 1 fully saturated rings. The van der Waals surface area contributed by atoms with Gasteiger partial charge in [0.1, 0.15) is 22.8 Å². The second-order valence-corrected chi connectivity index (χ2v) is 11.9. The van der Waals surface area contributed by atoms with Crippen molar-refractivity contribution in [1.29, 1.82) is 0 Å². The van der Waals surface area contributed by atoms with Gasteiger partial charge in [0.25, 0.3) is 5.91 Å². The van der Waals surface area contributed by atoms with Crippen molar-refractivity contribution in [2.24, 2.45) is 0 Å². The Labute approximate surface area is 256 Å². The topological polar surface area (TPSA) is 126 Å². The number of nitrogens with one attached hydrogen (secondary N) is 3. The summed E-state index contributed by atoms with van der Waals surface area (Å²) in [5.41, 5.74) is -1.32. The Hall–Kier alpha value is -4.75. The van der Waals surface area contributed by atoms with Gasteiger partial charge in [-0.3, -0.25) is 9.59 Å². The van der Waals surface area contributed by atoms with Crippen LogP contribution in [-0.4, -0.2) is 57.5 Å². The highest BCUT2D eigenvalue weighted by Gasteiger charge is 2.37. The van der Waals surface area contributed by atoms with E-state index in [-0.39, 0.29) is 48.1 Å². The summed E-state index contributed by atoms with van der Waals surface area (Å²) in [6.45, 7) is 6.31. The molecule has 2 aliphatic rings. The molecule has 10 nitrogen and oxygen atoms in total. The van der Waals surface area contributed by atoms with Crippen molar-refractivity contribution in [2.45, 2.75) is 64.4 Å². The molecule has 0 unspecified atom stereocenters. The summed E-state index contributed by atoms with van der Waals surface area (Å²) in [6, 6.07) is 9.15. The van der Waals surface area contributed by atoms with Gasteiger partial charge in [-0.15, -0.1) is 0 Å². The van der Waals surface area contributed by atoms with Crippen LogP contribution < -0.4 is 16.0 Å². The first kappa shape index (κ1) is 31.7. The summed E-state index contributed by atoms with van der Waals surface area (Å²) in [7, 11) is 0. The minimum absolute atomic E-state index is 0.0461. The Kier molecular flexibility index (Phi) is 8.68. The molecule has 1 saturated heterocycles. The number of anilines is 2. The number of benzene rings is 2. The van der Waals surface area contributed by atoms with Gasteiger partial charge in [-0.1, -0.05) is 18.2 Å². The molecule has 0 atom stereocenters. The van der Waals surface area contributed by atoms with Crippen molar-refractivity contribution in [3.63, 3.8) is 0 Å². The number of likely N-dealkylation sites (tertiary alicyclic amines) is 1. The second kappa shape index (κ2) is 12.3. The Morgan fingerprint density at radius 1 is 1.02 bits per heavy atom. The van der Waals surface area contributed by atoms with Gasteiger partial charge in [0.15, 0.2) is 5.82 Å². The van der Waals surface area contributed by atoms with Crippen LogP contribution in [0.2, 0.25) is 0 Å². The summed E-state index contributed by atoms with van der Waals surface area (Å²) >= 11 is 0. The van der Waals surface area contributed by atoms with Crippen molar-refractivity contribution in [3.05, 3.63) is 70.7 Å². The Bertz CT molecular complexity index is 1610. The monoisotopic (exact) mass is 628 g/mol. The van der Waals surface area contributed by atoms with Crippen molar-refractivity contribution < 1.29 is 36.7 Å². The van der Waals surface area contributed by atoms with Gasteiger partial charge in [-0.05, 0) is 63.4 Å². The zero-order chi connectivity index (χ0) is 32.5. The molecule has 3 N–H and O–H groups in total. The van der Waals surface area contributed by atoms with Crippen molar-refractivity contribution in [3.8, 4) is 11.4 Å². The van der Waals surface area contributed by atoms with E-state index in [9.17, 15) is 31.9 Å². The molecule has 0 spiro atoms. The van der Waals surface area contributed by atoms with Gasteiger partial charge >= 0.3 is 12.3 Å². The lowest BCUT2D eigenvalue weighted by atomic mass is 10.0. The fraction of sp³-hybridized carbons (Fsp3) is 0.387. The lowest BCUT2D eigenvalue weighted by molar-refractivity contribution is -0.137. The zero-order valence-corrected chi connectivity index (χ0v) is 24.8. The Balaban J connectivity index is 1.25. The highest BCUT2D eigenvalue weighted by atomic mass is 19.4. The van der Waals surface area contributed by atoms with E-state index in [1.165, 1.54) is 0 Å². The van der Waals surface area contributed by atoms with Gasteiger partial charge in [0, 0.05) is 24.8 Å². The summed E-state index contributed by atoms with van der Waals surface area (Å²) < 4.78 is 61.2. The predicted molar refractivity (Wildman–Crippen MR) is 156 cm³/mol. The molecule has 0 radical (unpaired) electrons. The van der Waals surface area contributed by atoms with Crippen molar-refractivity contribution >= 4 is 29.4 Å². The van der Waals surface area contributed by atoms with Crippen LogP contribution in [0.15, 0.2) is 42.5 Å². The van der Waals surface area contributed by atoms with Crippen LogP contribution in [0.4, 0.5) is 33.9 Å². The van der Waals surface area contributed by atoms with Gasteiger partial charge < -0.3 is 25.6 Å². The number of nitrogens with zero attached hydrogens (tertiary/aromatic N) is 3. The van der Waals surface area contributed by atoms with E-state index in [0.717, 1.165) is 18.2 Å². The molecule has 3 amide bonds.